The second kappa shape index (κ2) is 5.76. The van der Waals surface area contributed by atoms with Crippen LogP contribution >= 0.6 is 11.6 Å². The molecule has 1 aromatic carbocycles. The fourth-order valence-corrected chi connectivity index (χ4v) is 6.96. The minimum absolute atomic E-state index is 0.115. The van der Waals surface area contributed by atoms with Gasteiger partial charge in [-0.2, -0.15) is 4.31 Å². The van der Waals surface area contributed by atoms with Gasteiger partial charge < -0.3 is 4.74 Å². The number of ether oxygens (including phenoxy) is 1. The molecule has 2 atom stereocenters. The molecule has 2 aliphatic rings. The molecule has 9 heteroatoms. The zero-order valence-electron chi connectivity index (χ0n) is 11.7. The van der Waals surface area contributed by atoms with Gasteiger partial charge in [-0.3, -0.25) is 0 Å². The minimum atomic E-state index is -3.66. The Morgan fingerprint density at radius 2 is 2.00 bits per heavy atom. The van der Waals surface area contributed by atoms with Gasteiger partial charge in [0.1, 0.15) is 0 Å². The van der Waals surface area contributed by atoms with E-state index in [1.165, 1.54) is 4.31 Å². The first-order chi connectivity index (χ1) is 10.3. The van der Waals surface area contributed by atoms with Gasteiger partial charge in [-0.05, 0) is 11.6 Å². The van der Waals surface area contributed by atoms with Crippen molar-refractivity contribution in [1.82, 2.24) is 4.31 Å². The van der Waals surface area contributed by atoms with E-state index in [0.29, 0.717) is 10.6 Å². The van der Waals surface area contributed by atoms with E-state index in [-0.39, 0.29) is 30.4 Å². The number of sulfone groups is 1. The third-order valence-electron chi connectivity index (χ3n) is 3.94. The zero-order valence-corrected chi connectivity index (χ0v) is 14.1. The van der Waals surface area contributed by atoms with Gasteiger partial charge in [0.05, 0.1) is 36.0 Å². The maximum Gasteiger partial charge on any atom is 0.218 e. The van der Waals surface area contributed by atoms with E-state index in [4.69, 9.17) is 16.3 Å². The lowest BCUT2D eigenvalue weighted by Gasteiger charge is -2.35. The number of nitrogens with zero attached hydrogens (tertiary/aromatic N) is 1. The molecule has 2 heterocycles. The molecule has 22 heavy (non-hydrogen) atoms. The number of hydrogen-bond donors (Lipinski definition) is 0. The van der Waals surface area contributed by atoms with Crippen molar-refractivity contribution in [2.75, 3.05) is 24.7 Å². The number of morpholine rings is 1. The van der Waals surface area contributed by atoms with Gasteiger partial charge in [0, 0.05) is 11.6 Å². The Morgan fingerprint density at radius 1 is 1.27 bits per heavy atom. The maximum atomic E-state index is 12.7. The van der Waals surface area contributed by atoms with Crippen molar-refractivity contribution in [3.05, 3.63) is 34.9 Å². The molecule has 0 radical (unpaired) electrons. The lowest BCUT2D eigenvalue weighted by molar-refractivity contribution is -0.0142. The number of fused-ring (bicyclic) bond motifs is 1. The van der Waals surface area contributed by atoms with Crippen LogP contribution in [0.15, 0.2) is 24.3 Å². The van der Waals surface area contributed by atoms with Crippen molar-refractivity contribution in [2.24, 2.45) is 0 Å². The number of rotatable bonds is 3. The molecule has 3 rings (SSSR count). The molecule has 1 aromatic rings. The van der Waals surface area contributed by atoms with Crippen molar-refractivity contribution in [2.45, 2.75) is 17.9 Å². The summed E-state index contributed by atoms with van der Waals surface area (Å²) in [4.78, 5) is 0. The third kappa shape index (κ3) is 3.16. The summed E-state index contributed by atoms with van der Waals surface area (Å²) >= 11 is 6.02. The van der Waals surface area contributed by atoms with Gasteiger partial charge in [-0.1, -0.05) is 29.8 Å². The maximum absolute atomic E-state index is 12.7. The highest BCUT2D eigenvalue weighted by Gasteiger charge is 2.47. The smallest absolute Gasteiger partial charge is 0.218 e. The van der Waals surface area contributed by atoms with E-state index < -0.39 is 32.0 Å². The molecule has 2 aliphatic heterocycles. The minimum Gasteiger partial charge on any atom is -0.374 e. The Morgan fingerprint density at radius 3 is 2.73 bits per heavy atom. The SMILES string of the molecule is O=S1(=O)CC2OCCN(S(=O)(=O)Cc3ccccc3Cl)C2C1. The van der Waals surface area contributed by atoms with E-state index in [1.54, 1.807) is 24.3 Å². The number of hydrogen-bond acceptors (Lipinski definition) is 5. The first-order valence-corrected chi connectivity index (χ1v) is 10.6. The van der Waals surface area contributed by atoms with Crippen LogP contribution in [0.25, 0.3) is 0 Å². The summed E-state index contributed by atoms with van der Waals surface area (Å²) in [6.45, 7) is 0.377. The average Bonchev–Trinajstić information content (AvgIpc) is 2.74. The highest BCUT2D eigenvalue weighted by molar-refractivity contribution is 7.92. The summed E-state index contributed by atoms with van der Waals surface area (Å²) in [6, 6.07) is 6.11. The topological polar surface area (TPSA) is 80.8 Å². The van der Waals surface area contributed by atoms with Gasteiger partial charge >= 0.3 is 0 Å². The van der Waals surface area contributed by atoms with Crippen LogP contribution in [0, 0.1) is 0 Å². The fraction of sp³-hybridized carbons (Fsp3) is 0.538. The van der Waals surface area contributed by atoms with Gasteiger partial charge in [-0.15, -0.1) is 0 Å². The van der Waals surface area contributed by atoms with E-state index in [0.717, 1.165) is 0 Å². The molecule has 122 valence electrons. The van der Waals surface area contributed by atoms with E-state index >= 15 is 0 Å². The predicted octanol–water partition coefficient (Wildman–Crippen LogP) is 0.668. The van der Waals surface area contributed by atoms with Crippen molar-refractivity contribution in [3.8, 4) is 0 Å². The molecule has 0 N–H and O–H groups in total. The first kappa shape index (κ1) is 16.2. The molecule has 0 aliphatic carbocycles. The molecular formula is C13H16ClNO5S2. The standard InChI is InChI=1S/C13H16ClNO5S2/c14-11-4-2-1-3-10(11)7-22(18,19)15-5-6-20-13-9-21(16,17)8-12(13)15/h1-4,12-13H,5-9H2. The van der Waals surface area contributed by atoms with Gasteiger partial charge in [0.15, 0.2) is 9.84 Å². The molecule has 0 spiro atoms. The monoisotopic (exact) mass is 365 g/mol. The summed E-state index contributed by atoms with van der Waals surface area (Å²) in [5.41, 5.74) is 0.507. The Balaban J connectivity index is 1.87. The van der Waals surface area contributed by atoms with Crippen LogP contribution in [0.2, 0.25) is 5.02 Å². The van der Waals surface area contributed by atoms with Crippen LogP contribution in [0.5, 0.6) is 0 Å². The summed E-state index contributed by atoms with van der Waals surface area (Å²) in [7, 11) is -6.92. The second-order valence-electron chi connectivity index (χ2n) is 5.51. The van der Waals surface area contributed by atoms with Crippen molar-refractivity contribution in [1.29, 1.82) is 0 Å². The third-order valence-corrected chi connectivity index (χ3v) is 7.84. The summed E-state index contributed by atoms with van der Waals surface area (Å²) in [6.07, 6.45) is -0.570. The molecular weight excluding hydrogens is 350 g/mol. The highest BCUT2D eigenvalue weighted by atomic mass is 35.5. The first-order valence-electron chi connectivity index (χ1n) is 6.83. The summed E-state index contributed by atoms with van der Waals surface area (Å²) in [5.74, 6) is -0.537. The molecule has 2 unspecified atom stereocenters. The van der Waals surface area contributed by atoms with Gasteiger partial charge in [-0.25, -0.2) is 16.8 Å². The Labute approximate surface area is 135 Å². The van der Waals surface area contributed by atoms with Crippen molar-refractivity contribution < 1.29 is 21.6 Å². The van der Waals surface area contributed by atoms with Crippen molar-refractivity contribution >= 4 is 31.5 Å². The zero-order chi connectivity index (χ0) is 16.0. The van der Waals surface area contributed by atoms with E-state index in [9.17, 15) is 16.8 Å². The lowest BCUT2D eigenvalue weighted by atomic mass is 10.2. The molecule has 2 fully saturated rings. The van der Waals surface area contributed by atoms with Crippen LogP contribution in [-0.2, 0) is 30.4 Å². The molecule has 0 aromatic heterocycles. The largest absolute Gasteiger partial charge is 0.374 e. The normalized spacial score (nSPS) is 28.4. The summed E-state index contributed by atoms with van der Waals surface area (Å²) in [5, 5.41) is 0.384. The molecule has 2 saturated heterocycles. The van der Waals surface area contributed by atoms with Crippen LogP contribution in [-0.4, -0.2) is 57.9 Å². The number of sulfonamides is 1. The second-order valence-corrected chi connectivity index (χ2v) is 9.99. The lowest BCUT2D eigenvalue weighted by Crippen LogP contribution is -2.53. The number of benzene rings is 1. The molecule has 6 nitrogen and oxygen atoms in total. The van der Waals surface area contributed by atoms with Crippen LogP contribution in [0.3, 0.4) is 0 Å². The van der Waals surface area contributed by atoms with Crippen LogP contribution in [0.1, 0.15) is 5.56 Å². The van der Waals surface area contributed by atoms with Crippen molar-refractivity contribution in [3.63, 3.8) is 0 Å². The quantitative estimate of drug-likeness (QED) is 0.786. The molecule has 0 saturated carbocycles. The van der Waals surface area contributed by atoms with E-state index in [2.05, 4.69) is 0 Å². The van der Waals surface area contributed by atoms with Gasteiger partial charge in [0.2, 0.25) is 10.0 Å². The van der Waals surface area contributed by atoms with E-state index in [1.807, 2.05) is 0 Å². The fourth-order valence-electron chi connectivity index (χ4n) is 2.92. The average molecular weight is 366 g/mol. The predicted molar refractivity (Wildman–Crippen MR) is 83.0 cm³/mol. The number of halogens is 1. The Hall–Kier alpha value is -0.670. The van der Waals surface area contributed by atoms with Crippen LogP contribution in [0.4, 0.5) is 0 Å². The highest BCUT2D eigenvalue weighted by Crippen LogP contribution is 2.29. The van der Waals surface area contributed by atoms with Gasteiger partial charge in [0.25, 0.3) is 0 Å². The Kier molecular flexibility index (Phi) is 4.24. The Bertz CT molecular complexity index is 777. The molecule has 0 amide bonds. The summed E-state index contributed by atoms with van der Waals surface area (Å²) < 4.78 is 55.6. The molecule has 0 bridgehead atoms. The van der Waals surface area contributed by atoms with Crippen LogP contribution < -0.4 is 0 Å².